The Bertz CT molecular complexity index is 961. The summed E-state index contributed by atoms with van der Waals surface area (Å²) < 4.78 is 1.62. The molecule has 0 amide bonds. The molecule has 4 aromatic rings. The topological polar surface area (TPSA) is 80.5 Å². The van der Waals surface area contributed by atoms with E-state index in [-0.39, 0.29) is 0 Å². The molecule has 0 bridgehead atoms. The van der Waals surface area contributed by atoms with Crippen molar-refractivity contribution in [3.8, 4) is 0 Å². The number of nitrogens with zero attached hydrogens (tertiary/aromatic N) is 5. The van der Waals surface area contributed by atoms with Gasteiger partial charge in [0.2, 0.25) is 0 Å². The van der Waals surface area contributed by atoms with Crippen LogP contribution in [0.4, 0.5) is 22.9 Å². The van der Waals surface area contributed by atoms with Crippen LogP contribution in [0.25, 0.3) is 11.2 Å². The van der Waals surface area contributed by atoms with Gasteiger partial charge >= 0.3 is 0 Å². The first-order valence-corrected chi connectivity index (χ1v) is 7.49. The average Bonchev–Trinajstić information content (AvgIpc) is 3.00. The van der Waals surface area contributed by atoms with Crippen LogP contribution in [-0.2, 0) is 7.05 Å². The second kappa shape index (κ2) is 5.96. The van der Waals surface area contributed by atoms with Crippen molar-refractivity contribution in [2.75, 3.05) is 10.6 Å². The maximum absolute atomic E-state index is 4.25. The van der Waals surface area contributed by atoms with Crippen LogP contribution in [-0.4, -0.2) is 25.0 Å². The Morgan fingerprint density at radius 1 is 0.792 bits per heavy atom. The van der Waals surface area contributed by atoms with E-state index in [9.17, 15) is 0 Å². The maximum atomic E-state index is 4.25. The normalized spacial score (nSPS) is 10.7. The summed E-state index contributed by atoms with van der Waals surface area (Å²) in [4.78, 5) is 8.43. The average molecular weight is 317 g/mol. The van der Waals surface area contributed by atoms with Crippen LogP contribution < -0.4 is 10.6 Å². The van der Waals surface area contributed by atoms with Gasteiger partial charge in [0, 0.05) is 24.1 Å². The predicted molar refractivity (Wildman–Crippen MR) is 93.5 cm³/mol. The molecule has 0 fully saturated rings. The van der Waals surface area contributed by atoms with Crippen molar-refractivity contribution in [2.45, 2.75) is 0 Å². The van der Waals surface area contributed by atoms with Gasteiger partial charge in [-0.05, 0) is 36.4 Å². The molecule has 0 unspecified atom stereocenters. The molecular formula is C17H15N7. The van der Waals surface area contributed by atoms with Gasteiger partial charge in [-0.25, -0.2) is 14.6 Å². The summed E-state index contributed by atoms with van der Waals surface area (Å²) in [5.74, 6) is 0.636. The van der Waals surface area contributed by atoms with Gasteiger partial charge in [0.1, 0.15) is 6.33 Å². The highest BCUT2D eigenvalue weighted by molar-refractivity contribution is 5.84. The Balaban J connectivity index is 1.55. The molecule has 2 N–H and O–H groups in total. The smallest absolute Gasteiger partial charge is 0.183 e. The van der Waals surface area contributed by atoms with Crippen molar-refractivity contribution in [1.29, 1.82) is 0 Å². The van der Waals surface area contributed by atoms with Crippen LogP contribution in [0.1, 0.15) is 0 Å². The summed E-state index contributed by atoms with van der Waals surface area (Å²) in [5, 5.41) is 14.7. The van der Waals surface area contributed by atoms with Crippen LogP contribution in [0.2, 0.25) is 0 Å². The highest BCUT2D eigenvalue weighted by Gasteiger charge is 2.09. The van der Waals surface area contributed by atoms with E-state index >= 15 is 0 Å². The lowest BCUT2D eigenvalue weighted by molar-refractivity contribution is 0.729. The van der Waals surface area contributed by atoms with E-state index in [1.807, 2.05) is 54.6 Å². The molecule has 2 heterocycles. The quantitative estimate of drug-likeness (QED) is 0.601. The van der Waals surface area contributed by atoms with Crippen molar-refractivity contribution in [3.05, 3.63) is 60.9 Å². The molecule has 7 nitrogen and oxygen atoms in total. The number of hydrogen-bond donors (Lipinski definition) is 2. The minimum absolute atomic E-state index is 0.636. The Kier molecular flexibility index (Phi) is 3.51. The second-order valence-corrected chi connectivity index (χ2v) is 5.30. The molecule has 0 aliphatic carbocycles. The van der Waals surface area contributed by atoms with Crippen molar-refractivity contribution < 1.29 is 0 Å². The van der Waals surface area contributed by atoms with Crippen molar-refractivity contribution >= 4 is 34.0 Å². The Hall–Kier alpha value is -3.48. The Morgan fingerprint density at radius 3 is 2.21 bits per heavy atom. The summed E-state index contributed by atoms with van der Waals surface area (Å²) in [7, 11) is 1.80. The maximum Gasteiger partial charge on any atom is 0.183 e. The van der Waals surface area contributed by atoms with Gasteiger partial charge < -0.3 is 10.6 Å². The molecule has 2 aromatic carbocycles. The predicted octanol–water partition coefficient (Wildman–Crippen LogP) is 3.25. The van der Waals surface area contributed by atoms with Gasteiger partial charge in [-0.15, -0.1) is 5.10 Å². The van der Waals surface area contributed by atoms with Crippen LogP contribution in [0.5, 0.6) is 0 Å². The molecule has 4 rings (SSSR count). The third-order valence-corrected chi connectivity index (χ3v) is 3.60. The fourth-order valence-corrected chi connectivity index (χ4v) is 2.41. The van der Waals surface area contributed by atoms with E-state index in [0.29, 0.717) is 17.0 Å². The third kappa shape index (κ3) is 2.74. The first-order chi connectivity index (χ1) is 11.8. The molecule has 7 heteroatoms. The zero-order valence-corrected chi connectivity index (χ0v) is 13.0. The molecule has 0 saturated carbocycles. The highest BCUT2D eigenvalue weighted by Crippen LogP contribution is 2.23. The lowest BCUT2D eigenvalue weighted by Gasteiger charge is -2.09. The molecule has 0 atom stereocenters. The number of aryl methyl sites for hydroxylation is 1. The molecule has 118 valence electrons. The lowest BCUT2D eigenvalue weighted by atomic mass is 10.2. The fourth-order valence-electron chi connectivity index (χ4n) is 2.41. The molecule has 0 spiro atoms. The summed E-state index contributed by atoms with van der Waals surface area (Å²) >= 11 is 0. The Morgan fingerprint density at radius 2 is 1.46 bits per heavy atom. The third-order valence-electron chi connectivity index (χ3n) is 3.60. The first kappa shape index (κ1) is 14.1. The summed E-state index contributed by atoms with van der Waals surface area (Å²) in [5.41, 5.74) is 4.31. The highest BCUT2D eigenvalue weighted by atomic mass is 15.4. The monoisotopic (exact) mass is 317 g/mol. The van der Waals surface area contributed by atoms with Gasteiger partial charge in [-0.3, -0.25) is 0 Å². The number of fused-ring (bicyclic) bond motifs is 1. The zero-order valence-electron chi connectivity index (χ0n) is 13.0. The molecule has 2 aromatic heterocycles. The van der Waals surface area contributed by atoms with E-state index in [1.54, 1.807) is 11.7 Å². The van der Waals surface area contributed by atoms with E-state index < -0.39 is 0 Å². The van der Waals surface area contributed by atoms with Crippen molar-refractivity contribution in [3.63, 3.8) is 0 Å². The summed E-state index contributed by atoms with van der Waals surface area (Å²) in [6.45, 7) is 0. The van der Waals surface area contributed by atoms with Gasteiger partial charge in [-0.1, -0.05) is 23.4 Å². The van der Waals surface area contributed by atoms with E-state index in [0.717, 1.165) is 17.1 Å². The molecular weight excluding hydrogens is 302 g/mol. The minimum Gasteiger partial charge on any atom is -0.356 e. The molecule has 24 heavy (non-hydrogen) atoms. The molecule has 0 aliphatic rings. The SMILES string of the molecule is Cn1nnc2c(Nc3ccc(Nc4ccccc4)cc3)ncnc21. The van der Waals surface area contributed by atoms with Gasteiger partial charge in [0.25, 0.3) is 0 Å². The molecule has 0 radical (unpaired) electrons. The minimum atomic E-state index is 0.636. The first-order valence-electron chi connectivity index (χ1n) is 7.49. The van der Waals surface area contributed by atoms with Crippen molar-refractivity contribution in [2.24, 2.45) is 7.05 Å². The van der Waals surface area contributed by atoms with Crippen LogP contribution in [0.15, 0.2) is 60.9 Å². The van der Waals surface area contributed by atoms with Gasteiger partial charge in [0.05, 0.1) is 0 Å². The number of rotatable bonds is 4. The number of hydrogen-bond acceptors (Lipinski definition) is 6. The van der Waals surface area contributed by atoms with Gasteiger partial charge in [-0.2, -0.15) is 0 Å². The number of nitrogens with one attached hydrogen (secondary N) is 2. The zero-order chi connectivity index (χ0) is 16.4. The summed E-state index contributed by atoms with van der Waals surface area (Å²) in [6.07, 6.45) is 1.50. The van der Waals surface area contributed by atoms with E-state index in [2.05, 4.69) is 30.9 Å². The Labute approximate surface area is 138 Å². The second-order valence-electron chi connectivity index (χ2n) is 5.30. The standard InChI is InChI=1S/C17H15N7/c1-24-17-15(22-23-24)16(18-11-19-17)21-14-9-7-13(8-10-14)20-12-5-3-2-4-6-12/h2-11,20H,1H3,(H,18,19,21). The number of benzene rings is 2. The number of aromatic nitrogens is 5. The lowest BCUT2D eigenvalue weighted by Crippen LogP contribution is -1.97. The molecule has 0 aliphatic heterocycles. The van der Waals surface area contributed by atoms with Crippen LogP contribution in [0, 0.1) is 0 Å². The van der Waals surface area contributed by atoms with Crippen LogP contribution in [0.3, 0.4) is 0 Å². The van der Waals surface area contributed by atoms with Crippen molar-refractivity contribution in [1.82, 2.24) is 25.0 Å². The molecule has 0 saturated heterocycles. The van der Waals surface area contributed by atoms with E-state index in [4.69, 9.17) is 0 Å². The number of anilines is 4. The fraction of sp³-hybridized carbons (Fsp3) is 0.0588. The van der Waals surface area contributed by atoms with E-state index in [1.165, 1.54) is 6.33 Å². The van der Waals surface area contributed by atoms with Crippen LogP contribution >= 0.6 is 0 Å². The largest absolute Gasteiger partial charge is 0.356 e. The number of para-hydroxylation sites is 1. The van der Waals surface area contributed by atoms with Gasteiger partial charge in [0.15, 0.2) is 17.0 Å². The summed E-state index contributed by atoms with van der Waals surface area (Å²) in [6, 6.07) is 18.0.